The van der Waals surface area contributed by atoms with Crippen molar-refractivity contribution in [2.45, 2.75) is 12.2 Å². The summed E-state index contributed by atoms with van der Waals surface area (Å²) >= 11 is 0. The number of carbonyl (C=O) groups excluding carboxylic acids is 1. The van der Waals surface area contributed by atoms with Crippen LogP contribution in [-0.2, 0) is 4.74 Å². The monoisotopic (exact) mass is 290 g/mol. The Labute approximate surface area is 127 Å². The number of aliphatic hydroxyl groups is 1. The Morgan fingerprint density at radius 2 is 1.55 bits per heavy atom. The van der Waals surface area contributed by atoms with E-state index in [9.17, 15) is 9.90 Å². The van der Waals surface area contributed by atoms with Crippen molar-refractivity contribution < 1.29 is 14.6 Å². The first-order chi connectivity index (χ1) is 10.8. The summed E-state index contributed by atoms with van der Waals surface area (Å²) in [6.07, 6.45) is -1.48. The number of ether oxygens (including phenoxy) is 1. The van der Waals surface area contributed by atoms with Crippen LogP contribution in [0, 0.1) is 0 Å². The molecule has 0 aliphatic heterocycles. The first-order valence-electron chi connectivity index (χ1n) is 7.21. The molecule has 0 heterocycles. The number of esters is 1. The molecule has 4 rings (SSSR count). The topological polar surface area (TPSA) is 46.5 Å². The number of hydrogen-bond donors (Lipinski definition) is 1. The Bertz CT molecular complexity index is 850. The Morgan fingerprint density at radius 3 is 2.27 bits per heavy atom. The molecule has 0 aromatic heterocycles. The molecule has 2 atom stereocenters. The molecule has 3 aromatic carbocycles. The Hall–Kier alpha value is -2.65. The number of benzene rings is 3. The van der Waals surface area contributed by atoms with Gasteiger partial charge in [0.15, 0.2) is 6.10 Å². The molecule has 0 unspecified atom stereocenters. The standard InChI is InChI=1S/C19H14O3/c20-17-14-10-4-8-12-9-5-11-15(16(12)14)18(17)22-19(21)13-6-2-1-3-7-13/h1-11,17-18,20H/t17-,18+/m0/s1. The smallest absolute Gasteiger partial charge is 0.338 e. The maximum atomic E-state index is 12.3. The van der Waals surface area contributed by atoms with E-state index >= 15 is 0 Å². The third kappa shape index (κ3) is 1.90. The summed E-state index contributed by atoms with van der Waals surface area (Å²) in [5.74, 6) is -0.422. The van der Waals surface area contributed by atoms with Crippen LogP contribution in [0.1, 0.15) is 33.7 Å². The lowest BCUT2D eigenvalue weighted by atomic mass is 10.1. The molecule has 1 N–H and O–H groups in total. The van der Waals surface area contributed by atoms with Crippen LogP contribution in [0.2, 0.25) is 0 Å². The van der Waals surface area contributed by atoms with E-state index in [0.29, 0.717) is 5.56 Å². The van der Waals surface area contributed by atoms with Gasteiger partial charge >= 0.3 is 5.97 Å². The second-order valence-electron chi connectivity index (χ2n) is 5.43. The number of carbonyl (C=O) groups is 1. The van der Waals surface area contributed by atoms with Gasteiger partial charge in [0.05, 0.1) is 5.56 Å². The molecule has 1 aliphatic carbocycles. The van der Waals surface area contributed by atoms with Gasteiger partial charge < -0.3 is 9.84 Å². The van der Waals surface area contributed by atoms with Crippen molar-refractivity contribution in [2.24, 2.45) is 0 Å². The van der Waals surface area contributed by atoms with Crippen LogP contribution in [0.5, 0.6) is 0 Å². The molecule has 0 spiro atoms. The third-order valence-electron chi connectivity index (χ3n) is 4.12. The Balaban J connectivity index is 1.73. The molecule has 0 fully saturated rings. The SMILES string of the molecule is O=C(O[C@@H]1c2cccc3cccc(c23)[C@@H]1O)c1ccccc1. The molecule has 0 saturated heterocycles. The summed E-state index contributed by atoms with van der Waals surface area (Å²) in [6, 6.07) is 20.4. The summed E-state index contributed by atoms with van der Waals surface area (Å²) in [7, 11) is 0. The van der Waals surface area contributed by atoms with Gasteiger partial charge in [-0.15, -0.1) is 0 Å². The summed E-state index contributed by atoms with van der Waals surface area (Å²) in [6.45, 7) is 0. The van der Waals surface area contributed by atoms with Gasteiger partial charge in [0.2, 0.25) is 0 Å². The summed E-state index contributed by atoms with van der Waals surface area (Å²) < 4.78 is 5.59. The highest BCUT2D eigenvalue weighted by Crippen LogP contribution is 2.46. The quantitative estimate of drug-likeness (QED) is 0.730. The van der Waals surface area contributed by atoms with Crippen LogP contribution in [0.4, 0.5) is 0 Å². The lowest BCUT2D eigenvalue weighted by molar-refractivity contribution is -0.0161. The largest absolute Gasteiger partial charge is 0.451 e. The molecule has 0 radical (unpaired) electrons. The van der Waals surface area contributed by atoms with Crippen LogP contribution < -0.4 is 0 Å². The Kier molecular flexibility index (Phi) is 2.94. The van der Waals surface area contributed by atoms with Gasteiger partial charge in [0.25, 0.3) is 0 Å². The van der Waals surface area contributed by atoms with Gasteiger partial charge in [0, 0.05) is 5.56 Å². The van der Waals surface area contributed by atoms with Crippen LogP contribution >= 0.6 is 0 Å². The second-order valence-corrected chi connectivity index (χ2v) is 5.43. The molecule has 3 nitrogen and oxygen atoms in total. The fraction of sp³-hybridized carbons (Fsp3) is 0.105. The molecular weight excluding hydrogens is 276 g/mol. The summed E-state index contributed by atoms with van der Waals surface area (Å²) in [5, 5.41) is 12.6. The number of hydrogen-bond acceptors (Lipinski definition) is 3. The second kappa shape index (κ2) is 4.97. The van der Waals surface area contributed by atoms with Crippen molar-refractivity contribution in [3.63, 3.8) is 0 Å². The van der Waals surface area contributed by atoms with E-state index in [4.69, 9.17) is 4.74 Å². The molecule has 108 valence electrons. The minimum Gasteiger partial charge on any atom is -0.451 e. The van der Waals surface area contributed by atoms with Gasteiger partial charge in [-0.3, -0.25) is 0 Å². The van der Waals surface area contributed by atoms with Crippen molar-refractivity contribution in [3.05, 3.63) is 83.4 Å². The zero-order valence-electron chi connectivity index (χ0n) is 11.8. The molecule has 22 heavy (non-hydrogen) atoms. The van der Waals surface area contributed by atoms with Crippen molar-refractivity contribution in [1.29, 1.82) is 0 Å². The number of aliphatic hydroxyl groups excluding tert-OH is 1. The van der Waals surface area contributed by atoms with Crippen molar-refractivity contribution in [2.75, 3.05) is 0 Å². The lowest BCUT2D eigenvalue weighted by Crippen LogP contribution is -2.14. The average molecular weight is 290 g/mol. The minimum atomic E-state index is -0.825. The predicted octanol–water partition coefficient (Wildman–Crippen LogP) is 3.78. The molecular formula is C19H14O3. The van der Waals surface area contributed by atoms with E-state index in [1.807, 2.05) is 42.5 Å². The molecule has 0 saturated carbocycles. The van der Waals surface area contributed by atoms with Gasteiger partial charge in [0.1, 0.15) is 6.10 Å². The number of rotatable bonds is 2. The molecule has 3 heteroatoms. The fourth-order valence-corrected chi connectivity index (χ4v) is 3.10. The summed E-state index contributed by atoms with van der Waals surface area (Å²) in [4.78, 5) is 12.3. The molecule has 0 bridgehead atoms. The van der Waals surface area contributed by atoms with Crippen LogP contribution in [0.25, 0.3) is 10.8 Å². The van der Waals surface area contributed by atoms with Crippen LogP contribution in [0.3, 0.4) is 0 Å². The predicted molar refractivity (Wildman–Crippen MR) is 83.5 cm³/mol. The first-order valence-corrected chi connectivity index (χ1v) is 7.21. The van der Waals surface area contributed by atoms with Crippen molar-refractivity contribution in [1.82, 2.24) is 0 Å². The minimum absolute atomic E-state index is 0.422. The molecule has 3 aromatic rings. The van der Waals surface area contributed by atoms with Crippen LogP contribution in [-0.4, -0.2) is 11.1 Å². The zero-order chi connectivity index (χ0) is 15.1. The highest BCUT2D eigenvalue weighted by molar-refractivity contribution is 5.93. The highest BCUT2D eigenvalue weighted by atomic mass is 16.6. The van der Waals surface area contributed by atoms with E-state index in [1.165, 1.54) is 0 Å². The third-order valence-corrected chi connectivity index (χ3v) is 4.12. The van der Waals surface area contributed by atoms with E-state index < -0.39 is 18.2 Å². The van der Waals surface area contributed by atoms with Crippen LogP contribution in [0.15, 0.2) is 66.7 Å². The van der Waals surface area contributed by atoms with Gasteiger partial charge in [-0.05, 0) is 28.5 Å². The normalized spacial score (nSPS) is 19.3. The maximum Gasteiger partial charge on any atom is 0.338 e. The van der Waals surface area contributed by atoms with E-state index in [-0.39, 0.29) is 0 Å². The van der Waals surface area contributed by atoms with Gasteiger partial charge in [-0.2, -0.15) is 0 Å². The summed E-state index contributed by atoms with van der Waals surface area (Å²) in [5.41, 5.74) is 2.17. The van der Waals surface area contributed by atoms with Crippen molar-refractivity contribution in [3.8, 4) is 0 Å². The van der Waals surface area contributed by atoms with E-state index in [1.54, 1.807) is 24.3 Å². The first kappa shape index (κ1) is 13.0. The van der Waals surface area contributed by atoms with Crippen molar-refractivity contribution >= 4 is 16.7 Å². The fourth-order valence-electron chi connectivity index (χ4n) is 3.10. The van der Waals surface area contributed by atoms with E-state index in [0.717, 1.165) is 21.9 Å². The molecule has 1 aliphatic rings. The van der Waals surface area contributed by atoms with Gasteiger partial charge in [-0.1, -0.05) is 54.6 Å². The lowest BCUT2D eigenvalue weighted by Gasteiger charge is -2.17. The molecule has 0 amide bonds. The van der Waals surface area contributed by atoms with Gasteiger partial charge in [-0.25, -0.2) is 4.79 Å². The van der Waals surface area contributed by atoms with E-state index in [2.05, 4.69) is 0 Å². The average Bonchev–Trinajstić information content (AvgIpc) is 2.84. The highest BCUT2D eigenvalue weighted by Gasteiger charge is 2.35. The Morgan fingerprint density at radius 1 is 0.864 bits per heavy atom. The maximum absolute atomic E-state index is 12.3. The zero-order valence-corrected chi connectivity index (χ0v) is 11.8.